The number of sulfonamides is 1. The summed E-state index contributed by atoms with van der Waals surface area (Å²) in [5.41, 5.74) is 1.68. The van der Waals surface area contributed by atoms with Crippen molar-refractivity contribution in [1.29, 1.82) is 0 Å². The Labute approximate surface area is 142 Å². The predicted octanol–water partition coefficient (Wildman–Crippen LogP) is 2.97. The number of carbonyl (C=O) groups excluding carboxylic acids is 1. The van der Waals surface area contributed by atoms with Gasteiger partial charge in [0.05, 0.1) is 24.0 Å². The molecule has 0 aromatic heterocycles. The molecule has 0 bridgehead atoms. The van der Waals surface area contributed by atoms with Gasteiger partial charge in [-0.1, -0.05) is 48.0 Å². The van der Waals surface area contributed by atoms with E-state index in [2.05, 4.69) is 4.72 Å². The summed E-state index contributed by atoms with van der Waals surface area (Å²) in [5.74, 6) is -0.446. The molecule has 0 radical (unpaired) electrons. The highest BCUT2D eigenvalue weighted by molar-refractivity contribution is 7.89. The number of hydrogen-bond donors (Lipinski definition) is 1. The minimum atomic E-state index is -3.74. The van der Waals surface area contributed by atoms with Crippen LogP contribution < -0.4 is 4.72 Å². The summed E-state index contributed by atoms with van der Waals surface area (Å²) in [6, 6.07) is 14.9. The average molecular weight is 347 g/mol. The molecule has 128 valence electrons. The number of hydrogen-bond acceptors (Lipinski definition) is 4. The second-order valence-electron chi connectivity index (χ2n) is 5.41. The van der Waals surface area contributed by atoms with Crippen LogP contribution in [0.15, 0.2) is 59.5 Å². The number of benzene rings is 2. The first-order valence-electron chi connectivity index (χ1n) is 7.72. The fraction of sp³-hybridized carbons (Fsp3) is 0.278. The first-order valence-corrected chi connectivity index (χ1v) is 9.20. The fourth-order valence-electron chi connectivity index (χ4n) is 2.27. The zero-order valence-corrected chi connectivity index (χ0v) is 14.5. The van der Waals surface area contributed by atoms with Crippen molar-refractivity contribution in [3.63, 3.8) is 0 Å². The summed E-state index contributed by atoms with van der Waals surface area (Å²) in [6.45, 7) is 3.86. The molecule has 2 rings (SSSR count). The van der Waals surface area contributed by atoms with Gasteiger partial charge < -0.3 is 4.74 Å². The van der Waals surface area contributed by atoms with E-state index in [4.69, 9.17) is 4.74 Å². The Balaban J connectivity index is 2.27. The molecule has 0 heterocycles. The highest BCUT2D eigenvalue weighted by Gasteiger charge is 2.24. The van der Waals surface area contributed by atoms with Gasteiger partial charge in [0.25, 0.3) is 0 Å². The van der Waals surface area contributed by atoms with Crippen molar-refractivity contribution in [2.24, 2.45) is 0 Å². The largest absolute Gasteiger partial charge is 0.466 e. The zero-order valence-electron chi connectivity index (χ0n) is 13.7. The molecular weight excluding hydrogens is 326 g/mol. The molecule has 0 unspecified atom stereocenters. The van der Waals surface area contributed by atoms with Gasteiger partial charge in [0, 0.05) is 0 Å². The van der Waals surface area contributed by atoms with E-state index in [1.54, 1.807) is 55.5 Å². The number of rotatable bonds is 7. The molecule has 6 heteroatoms. The van der Waals surface area contributed by atoms with Crippen molar-refractivity contribution >= 4 is 16.0 Å². The molecule has 0 aliphatic carbocycles. The maximum Gasteiger partial charge on any atom is 0.307 e. The Bertz CT molecular complexity index is 770. The van der Waals surface area contributed by atoms with Crippen LogP contribution in [0.4, 0.5) is 0 Å². The van der Waals surface area contributed by atoms with Crippen molar-refractivity contribution in [2.45, 2.75) is 31.2 Å². The Hall–Kier alpha value is -2.18. The molecule has 0 aliphatic rings. The van der Waals surface area contributed by atoms with Gasteiger partial charge in [-0.15, -0.1) is 0 Å². The molecule has 1 atom stereocenters. The van der Waals surface area contributed by atoms with Crippen LogP contribution in [0.25, 0.3) is 0 Å². The zero-order chi connectivity index (χ0) is 17.6. The minimum Gasteiger partial charge on any atom is -0.466 e. The number of aryl methyl sites for hydroxylation is 1. The van der Waals surface area contributed by atoms with E-state index in [9.17, 15) is 13.2 Å². The van der Waals surface area contributed by atoms with Gasteiger partial charge in [-0.3, -0.25) is 4.79 Å². The van der Waals surface area contributed by atoms with E-state index in [1.165, 1.54) is 0 Å². The van der Waals surface area contributed by atoms with Crippen LogP contribution in [0.5, 0.6) is 0 Å². The van der Waals surface area contributed by atoms with Gasteiger partial charge in [-0.2, -0.15) is 0 Å². The molecule has 0 amide bonds. The molecule has 0 saturated heterocycles. The highest BCUT2D eigenvalue weighted by atomic mass is 32.2. The second-order valence-corrected chi connectivity index (χ2v) is 7.12. The summed E-state index contributed by atoms with van der Waals surface area (Å²) in [6.07, 6.45) is -0.0665. The van der Waals surface area contributed by atoms with E-state index < -0.39 is 22.0 Å². The van der Waals surface area contributed by atoms with Gasteiger partial charge in [0.15, 0.2) is 0 Å². The van der Waals surface area contributed by atoms with Crippen LogP contribution in [0.3, 0.4) is 0 Å². The van der Waals surface area contributed by atoms with Crippen LogP contribution >= 0.6 is 0 Å². The molecule has 0 spiro atoms. The average Bonchev–Trinajstić information content (AvgIpc) is 2.55. The molecule has 0 aliphatic heterocycles. The van der Waals surface area contributed by atoms with Gasteiger partial charge in [-0.25, -0.2) is 13.1 Å². The summed E-state index contributed by atoms with van der Waals surface area (Å²) in [4.78, 5) is 12.0. The topological polar surface area (TPSA) is 72.5 Å². The summed E-state index contributed by atoms with van der Waals surface area (Å²) < 4.78 is 32.8. The number of esters is 1. The van der Waals surface area contributed by atoms with Crippen molar-refractivity contribution in [2.75, 3.05) is 6.61 Å². The predicted molar refractivity (Wildman–Crippen MR) is 91.9 cm³/mol. The van der Waals surface area contributed by atoms with Crippen LogP contribution in [0.1, 0.15) is 30.5 Å². The lowest BCUT2D eigenvalue weighted by Gasteiger charge is -2.18. The fourth-order valence-corrected chi connectivity index (χ4v) is 3.50. The van der Waals surface area contributed by atoms with Crippen LogP contribution in [-0.2, 0) is 19.6 Å². The quantitative estimate of drug-likeness (QED) is 0.782. The lowest BCUT2D eigenvalue weighted by Crippen LogP contribution is -2.30. The molecule has 24 heavy (non-hydrogen) atoms. The Morgan fingerprint density at radius 1 is 1.08 bits per heavy atom. The Morgan fingerprint density at radius 2 is 1.71 bits per heavy atom. The number of carbonyl (C=O) groups is 1. The van der Waals surface area contributed by atoms with Gasteiger partial charge in [0.1, 0.15) is 0 Å². The standard InChI is InChI=1S/C18H21NO4S/c1-3-23-18(20)13-17(15-7-5-4-6-8-15)19-24(21,22)16-11-9-14(2)10-12-16/h4-12,17,19H,3,13H2,1-2H3/t17-/m0/s1. The normalized spacial score (nSPS) is 12.6. The first-order chi connectivity index (χ1) is 11.4. The van der Waals surface area contributed by atoms with Gasteiger partial charge >= 0.3 is 5.97 Å². The molecule has 2 aromatic rings. The van der Waals surface area contributed by atoms with E-state index in [-0.39, 0.29) is 17.9 Å². The van der Waals surface area contributed by atoms with E-state index in [0.29, 0.717) is 5.56 Å². The van der Waals surface area contributed by atoms with Crippen LogP contribution in [0.2, 0.25) is 0 Å². The van der Waals surface area contributed by atoms with E-state index in [0.717, 1.165) is 5.56 Å². The lowest BCUT2D eigenvalue weighted by atomic mass is 10.1. The second kappa shape index (κ2) is 8.08. The third-order valence-corrected chi connectivity index (χ3v) is 4.99. The molecule has 2 aromatic carbocycles. The minimum absolute atomic E-state index is 0.0665. The highest BCUT2D eigenvalue weighted by Crippen LogP contribution is 2.21. The molecule has 5 nitrogen and oxygen atoms in total. The summed E-state index contributed by atoms with van der Waals surface area (Å²) in [5, 5.41) is 0. The van der Waals surface area contributed by atoms with Gasteiger partial charge in [-0.05, 0) is 31.5 Å². The molecule has 0 fully saturated rings. The van der Waals surface area contributed by atoms with E-state index >= 15 is 0 Å². The van der Waals surface area contributed by atoms with Crippen molar-refractivity contribution in [3.05, 3.63) is 65.7 Å². The maximum atomic E-state index is 12.6. The Morgan fingerprint density at radius 3 is 2.29 bits per heavy atom. The molecular formula is C18H21NO4S. The molecule has 1 N–H and O–H groups in total. The maximum absolute atomic E-state index is 12.6. The first kappa shape index (κ1) is 18.2. The third kappa shape index (κ3) is 4.91. The molecule has 0 saturated carbocycles. The van der Waals surface area contributed by atoms with Crippen molar-refractivity contribution in [3.8, 4) is 0 Å². The SMILES string of the molecule is CCOC(=O)C[C@H](NS(=O)(=O)c1ccc(C)cc1)c1ccccc1. The van der Waals surface area contributed by atoms with E-state index in [1.807, 2.05) is 13.0 Å². The van der Waals surface area contributed by atoms with Crippen LogP contribution in [0, 0.1) is 6.92 Å². The summed E-state index contributed by atoms with van der Waals surface area (Å²) >= 11 is 0. The van der Waals surface area contributed by atoms with Crippen molar-refractivity contribution in [1.82, 2.24) is 4.72 Å². The van der Waals surface area contributed by atoms with Gasteiger partial charge in [0.2, 0.25) is 10.0 Å². The summed E-state index contributed by atoms with van der Waals surface area (Å²) in [7, 11) is -3.74. The monoisotopic (exact) mass is 347 g/mol. The number of nitrogens with one attached hydrogen (secondary N) is 1. The number of ether oxygens (including phenoxy) is 1. The smallest absolute Gasteiger partial charge is 0.307 e. The third-order valence-electron chi connectivity index (χ3n) is 3.51. The van der Waals surface area contributed by atoms with Crippen LogP contribution in [-0.4, -0.2) is 21.0 Å². The Kier molecular flexibility index (Phi) is 6.11. The lowest BCUT2D eigenvalue weighted by molar-refractivity contribution is -0.143. The van der Waals surface area contributed by atoms with Crippen molar-refractivity contribution < 1.29 is 17.9 Å².